The van der Waals surface area contributed by atoms with Crippen molar-refractivity contribution in [1.29, 1.82) is 0 Å². The van der Waals surface area contributed by atoms with Gasteiger partial charge in [0.05, 0.1) is 0 Å². The van der Waals surface area contributed by atoms with Crippen LogP contribution in [0.5, 0.6) is 0 Å². The van der Waals surface area contributed by atoms with Crippen LogP contribution in [0.4, 0.5) is 0 Å². The van der Waals surface area contributed by atoms with E-state index < -0.39 is 0 Å². The second-order valence-electron chi connectivity index (χ2n) is 4.29. The SMILES string of the molecule is CCC(CN)CC1CSc2ccccc21. The molecule has 2 N–H and O–H groups in total. The molecule has 0 spiro atoms. The third-order valence-corrected chi connectivity index (χ3v) is 4.58. The van der Waals surface area contributed by atoms with Crippen LogP contribution in [0.2, 0.25) is 0 Å². The molecule has 2 heteroatoms. The molecule has 0 bridgehead atoms. The number of hydrogen-bond acceptors (Lipinski definition) is 2. The number of benzene rings is 1. The van der Waals surface area contributed by atoms with Crippen LogP contribution in [0.25, 0.3) is 0 Å². The maximum absolute atomic E-state index is 5.77. The molecule has 1 aromatic rings. The molecule has 2 unspecified atom stereocenters. The Hall–Kier alpha value is -0.470. The quantitative estimate of drug-likeness (QED) is 0.844. The zero-order valence-corrected chi connectivity index (χ0v) is 10.1. The van der Waals surface area contributed by atoms with Gasteiger partial charge in [-0.25, -0.2) is 0 Å². The van der Waals surface area contributed by atoms with Crippen molar-refractivity contribution in [3.63, 3.8) is 0 Å². The molecule has 1 heterocycles. The molecular formula is C13H19NS. The summed E-state index contributed by atoms with van der Waals surface area (Å²) >= 11 is 2.00. The lowest BCUT2D eigenvalue weighted by Crippen LogP contribution is -2.16. The molecule has 0 aliphatic carbocycles. The van der Waals surface area contributed by atoms with Crippen molar-refractivity contribution in [3.8, 4) is 0 Å². The second kappa shape index (κ2) is 5.04. The van der Waals surface area contributed by atoms with Crippen LogP contribution in [0.15, 0.2) is 29.2 Å². The first-order valence-corrected chi connectivity index (χ1v) is 6.75. The molecule has 82 valence electrons. The standard InChI is InChI=1S/C13H19NS/c1-2-10(8-14)7-11-9-15-13-6-4-3-5-12(11)13/h3-6,10-11H,2,7-9,14H2,1H3. The van der Waals surface area contributed by atoms with Crippen molar-refractivity contribution in [2.75, 3.05) is 12.3 Å². The van der Waals surface area contributed by atoms with E-state index in [1.54, 1.807) is 5.56 Å². The summed E-state index contributed by atoms with van der Waals surface area (Å²) in [5.41, 5.74) is 7.32. The van der Waals surface area contributed by atoms with E-state index in [-0.39, 0.29) is 0 Å². The summed E-state index contributed by atoms with van der Waals surface area (Å²) in [6, 6.07) is 8.81. The van der Waals surface area contributed by atoms with Crippen LogP contribution in [0.1, 0.15) is 31.2 Å². The third-order valence-electron chi connectivity index (χ3n) is 3.33. The minimum atomic E-state index is 0.696. The van der Waals surface area contributed by atoms with Crippen LogP contribution < -0.4 is 5.73 Å². The molecule has 2 rings (SSSR count). The van der Waals surface area contributed by atoms with Crippen molar-refractivity contribution < 1.29 is 0 Å². The predicted molar refractivity (Wildman–Crippen MR) is 67.4 cm³/mol. The number of hydrogen-bond donors (Lipinski definition) is 1. The van der Waals surface area contributed by atoms with Gasteiger partial charge >= 0.3 is 0 Å². The van der Waals surface area contributed by atoms with Gasteiger partial charge in [0.25, 0.3) is 0 Å². The summed E-state index contributed by atoms with van der Waals surface area (Å²) in [5, 5.41) is 0. The van der Waals surface area contributed by atoms with Crippen LogP contribution in [-0.2, 0) is 0 Å². The zero-order valence-electron chi connectivity index (χ0n) is 9.28. The van der Waals surface area contributed by atoms with Gasteiger partial charge in [-0.1, -0.05) is 31.5 Å². The average molecular weight is 221 g/mol. The molecule has 1 aromatic carbocycles. The van der Waals surface area contributed by atoms with E-state index in [9.17, 15) is 0 Å². The van der Waals surface area contributed by atoms with E-state index in [2.05, 4.69) is 31.2 Å². The smallest absolute Gasteiger partial charge is 0.0107 e. The van der Waals surface area contributed by atoms with Gasteiger partial charge in [0.2, 0.25) is 0 Å². The fourth-order valence-electron chi connectivity index (χ4n) is 2.26. The molecular weight excluding hydrogens is 202 g/mol. The lowest BCUT2D eigenvalue weighted by Gasteiger charge is -2.17. The van der Waals surface area contributed by atoms with Crippen molar-refractivity contribution in [1.82, 2.24) is 0 Å². The number of nitrogens with two attached hydrogens (primary N) is 1. The lowest BCUT2D eigenvalue weighted by molar-refractivity contribution is 0.447. The van der Waals surface area contributed by atoms with E-state index in [1.807, 2.05) is 11.8 Å². The van der Waals surface area contributed by atoms with Gasteiger partial charge in [0.15, 0.2) is 0 Å². The van der Waals surface area contributed by atoms with Crippen molar-refractivity contribution in [2.24, 2.45) is 11.7 Å². The van der Waals surface area contributed by atoms with Gasteiger partial charge in [-0.15, -0.1) is 11.8 Å². The fraction of sp³-hybridized carbons (Fsp3) is 0.538. The Labute approximate surface area is 96.4 Å². The first-order valence-electron chi connectivity index (χ1n) is 5.77. The zero-order chi connectivity index (χ0) is 10.7. The minimum Gasteiger partial charge on any atom is -0.330 e. The Bertz CT molecular complexity index is 320. The van der Waals surface area contributed by atoms with E-state index in [4.69, 9.17) is 5.73 Å². The highest BCUT2D eigenvalue weighted by Crippen LogP contribution is 2.42. The topological polar surface area (TPSA) is 26.0 Å². The van der Waals surface area contributed by atoms with E-state index in [0.717, 1.165) is 12.5 Å². The second-order valence-corrected chi connectivity index (χ2v) is 5.35. The van der Waals surface area contributed by atoms with Crippen molar-refractivity contribution in [3.05, 3.63) is 29.8 Å². The van der Waals surface area contributed by atoms with Crippen molar-refractivity contribution in [2.45, 2.75) is 30.6 Å². The van der Waals surface area contributed by atoms with Gasteiger partial charge in [0, 0.05) is 10.6 Å². The highest BCUT2D eigenvalue weighted by molar-refractivity contribution is 7.99. The Morgan fingerprint density at radius 3 is 3.00 bits per heavy atom. The summed E-state index contributed by atoms with van der Waals surface area (Å²) in [4.78, 5) is 1.48. The van der Waals surface area contributed by atoms with Crippen LogP contribution in [-0.4, -0.2) is 12.3 Å². The largest absolute Gasteiger partial charge is 0.330 e. The maximum atomic E-state index is 5.77. The first kappa shape index (κ1) is 11.0. The van der Waals surface area contributed by atoms with Gasteiger partial charge in [-0.3, -0.25) is 0 Å². The van der Waals surface area contributed by atoms with Crippen LogP contribution in [0, 0.1) is 5.92 Å². The minimum absolute atomic E-state index is 0.696. The summed E-state index contributed by atoms with van der Waals surface area (Å²) in [5.74, 6) is 2.68. The molecule has 2 atom stereocenters. The highest BCUT2D eigenvalue weighted by Gasteiger charge is 2.24. The number of fused-ring (bicyclic) bond motifs is 1. The highest BCUT2D eigenvalue weighted by atomic mass is 32.2. The van der Waals surface area contributed by atoms with Crippen LogP contribution in [0.3, 0.4) is 0 Å². The molecule has 1 nitrogen and oxygen atoms in total. The Kier molecular flexibility index (Phi) is 3.71. The third kappa shape index (κ3) is 2.37. The Morgan fingerprint density at radius 2 is 2.27 bits per heavy atom. The number of thioether (sulfide) groups is 1. The molecule has 0 radical (unpaired) electrons. The van der Waals surface area contributed by atoms with Crippen LogP contribution >= 0.6 is 11.8 Å². The normalized spacial score (nSPS) is 21.3. The van der Waals surface area contributed by atoms with Gasteiger partial charge < -0.3 is 5.73 Å². The Morgan fingerprint density at radius 1 is 1.47 bits per heavy atom. The molecule has 0 aromatic heterocycles. The molecule has 1 aliphatic rings. The predicted octanol–water partition coefficient (Wildman–Crippen LogP) is 3.25. The van der Waals surface area contributed by atoms with E-state index in [0.29, 0.717) is 5.92 Å². The van der Waals surface area contributed by atoms with Crippen molar-refractivity contribution >= 4 is 11.8 Å². The first-order chi connectivity index (χ1) is 7.35. The lowest BCUT2D eigenvalue weighted by atomic mass is 9.89. The summed E-state index contributed by atoms with van der Waals surface area (Å²) < 4.78 is 0. The molecule has 1 aliphatic heterocycles. The maximum Gasteiger partial charge on any atom is 0.0107 e. The molecule has 0 saturated carbocycles. The molecule has 0 amide bonds. The molecule has 0 fully saturated rings. The molecule has 15 heavy (non-hydrogen) atoms. The number of rotatable bonds is 4. The summed E-state index contributed by atoms with van der Waals surface area (Å²) in [6.45, 7) is 3.07. The summed E-state index contributed by atoms with van der Waals surface area (Å²) in [6.07, 6.45) is 2.47. The fourth-order valence-corrected chi connectivity index (χ4v) is 3.53. The van der Waals surface area contributed by atoms with Gasteiger partial charge in [-0.2, -0.15) is 0 Å². The average Bonchev–Trinajstić information content (AvgIpc) is 2.69. The van der Waals surface area contributed by atoms with Gasteiger partial charge in [0.1, 0.15) is 0 Å². The summed E-state index contributed by atoms with van der Waals surface area (Å²) in [7, 11) is 0. The van der Waals surface area contributed by atoms with E-state index in [1.165, 1.54) is 23.5 Å². The van der Waals surface area contributed by atoms with E-state index >= 15 is 0 Å². The Balaban J connectivity index is 2.07. The molecule has 0 saturated heterocycles. The van der Waals surface area contributed by atoms with Gasteiger partial charge in [-0.05, 0) is 36.4 Å². The monoisotopic (exact) mass is 221 g/mol.